The van der Waals surface area contributed by atoms with Crippen LogP contribution in [0.15, 0.2) is 91.0 Å². The molecule has 0 bridgehead atoms. The first-order valence-electron chi connectivity index (χ1n) is 17.5. The summed E-state index contributed by atoms with van der Waals surface area (Å²) in [7, 11) is 2.09. The van der Waals surface area contributed by atoms with Gasteiger partial charge in [-0.1, -0.05) is 91.0 Å². The minimum absolute atomic E-state index is 0.0194. The number of benzene rings is 3. The lowest BCUT2D eigenvalue weighted by Crippen LogP contribution is -2.50. The van der Waals surface area contributed by atoms with Crippen molar-refractivity contribution >= 4 is 17.7 Å². The van der Waals surface area contributed by atoms with Crippen LogP contribution in [0.1, 0.15) is 55.6 Å². The molecule has 4 rings (SSSR count). The van der Waals surface area contributed by atoms with E-state index in [4.69, 9.17) is 0 Å². The molecule has 1 saturated heterocycles. The van der Waals surface area contributed by atoms with E-state index in [0.717, 1.165) is 29.8 Å². The molecule has 1 heterocycles. The quantitative estimate of drug-likeness (QED) is 0.272. The van der Waals surface area contributed by atoms with Crippen LogP contribution in [-0.2, 0) is 14.4 Å². The molecule has 10 heteroatoms. The van der Waals surface area contributed by atoms with Gasteiger partial charge in [-0.2, -0.15) is 0 Å². The van der Waals surface area contributed by atoms with Crippen LogP contribution in [-0.4, -0.2) is 116 Å². The maximum Gasteiger partial charge on any atom is 0.234 e. The maximum absolute atomic E-state index is 13.3. The molecule has 0 saturated carbocycles. The lowest BCUT2D eigenvalue weighted by molar-refractivity contribution is -0.125. The third-order valence-corrected chi connectivity index (χ3v) is 9.19. The molecule has 1 fully saturated rings. The molecule has 3 amide bonds. The van der Waals surface area contributed by atoms with Crippen molar-refractivity contribution in [2.45, 2.75) is 38.9 Å². The number of amides is 3. The van der Waals surface area contributed by atoms with Crippen LogP contribution in [0.5, 0.6) is 0 Å². The molecule has 0 aliphatic carbocycles. The van der Waals surface area contributed by atoms with Gasteiger partial charge in [0.15, 0.2) is 0 Å². The first kappa shape index (κ1) is 37.7. The maximum atomic E-state index is 13.3. The molecule has 10 nitrogen and oxygen atoms in total. The Morgan fingerprint density at radius 1 is 0.469 bits per heavy atom. The molecule has 3 aromatic rings. The second kappa shape index (κ2) is 19.8. The zero-order valence-corrected chi connectivity index (χ0v) is 29.7. The van der Waals surface area contributed by atoms with Gasteiger partial charge in [-0.15, -0.1) is 0 Å². The van der Waals surface area contributed by atoms with Crippen molar-refractivity contribution in [2.75, 3.05) is 79.0 Å². The Morgan fingerprint density at radius 2 is 0.714 bits per heavy atom. The third kappa shape index (κ3) is 13.4. The summed E-state index contributed by atoms with van der Waals surface area (Å²) in [5.41, 5.74) is 3.19. The average molecular weight is 670 g/mol. The Bertz CT molecular complexity index is 1350. The zero-order chi connectivity index (χ0) is 35.0. The first-order chi connectivity index (χ1) is 23.7. The fourth-order valence-corrected chi connectivity index (χ4v) is 6.06. The molecule has 0 aromatic heterocycles. The topological polar surface area (TPSA) is 100 Å². The van der Waals surface area contributed by atoms with E-state index in [9.17, 15) is 14.4 Å². The minimum Gasteiger partial charge on any atom is -0.348 e. The number of likely N-dealkylation sites (N-methyl/N-ethyl adjacent to an activating group) is 1. The Balaban J connectivity index is 1.40. The van der Waals surface area contributed by atoms with Gasteiger partial charge in [0.1, 0.15) is 0 Å². The van der Waals surface area contributed by atoms with Crippen molar-refractivity contribution in [2.24, 2.45) is 0 Å². The highest BCUT2D eigenvalue weighted by Crippen LogP contribution is 2.13. The second-order valence-electron chi connectivity index (χ2n) is 13.2. The monoisotopic (exact) mass is 669 g/mol. The molecular formula is C39H55N7O3. The van der Waals surface area contributed by atoms with Crippen LogP contribution in [0.2, 0.25) is 0 Å². The highest BCUT2D eigenvalue weighted by Gasteiger charge is 2.21. The van der Waals surface area contributed by atoms with Crippen molar-refractivity contribution in [1.29, 1.82) is 0 Å². The summed E-state index contributed by atoms with van der Waals surface area (Å²) in [4.78, 5) is 48.5. The second-order valence-corrected chi connectivity index (χ2v) is 13.2. The largest absolute Gasteiger partial charge is 0.348 e. The lowest BCUT2D eigenvalue weighted by atomic mass is 10.1. The van der Waals surface area contributed by atoms with Gasteiger partial charge in [0.25, 0.3) is 0 Å². The normalized spacial score (nSPS) is 17.9. The van der Waals surface area contributed by atoms with Gasteiger partial charge in [0.05, 0.1) is 37.8 Å². The number of nitrogens with one attached hydrogen (secondary N) is 3. The molecule has 3 aromatic carbocycles. The molecule has 264 valence electrons. The van der Waals surface area contributed by atoms with Crippen LogP contribution in [0.4, 0.5) is 0 Å². The average Bonchev–Trinajstić information content (AvgIpc) is 3.10. The van der Waals surface area contributed by atoms with Crippen molar-refractivity contribution in [1.82, 2.24) is 35.6 Å². The molecule has 3 atom stereocenters. The van der Waals surface area contributed by atoms with E-state index in [1.165, 1.54) is 0 Å². The van der Waals surface area contributed by atoms with E-state index < -0.39 is 0 Å². The Kier molecular flexibility index (Phi) is 15.2. The van der Waals surface area contributed by atoms with Crippen LogP contribution >= 0.6 is 0 Å². The lowest BCUT2D eigenvalue weighted by Gasteiger charge is -2.33. The summed E-state index contributed by atoms with van der Waals surface area (Å²) in [6.07, 6.45) is 0. The summed E-state index contributed by atoms with van der Waals surface area (Å²) in [5.74, 6) is -0.0897. The Hall–Kier alpha value is -4.09. The Labute approximate surface area is 292 Å². The van der Waals surface area contributed by atoms with Gasteiger partial charge in [-0.3, -0.25) is 29.1 Å². The fraction of sp³-hybridized carbons (Fsp3) is 0.462. The van der Waals surface area contributed by atoms with E-state index in [0.29, 0.717) is 39.3 Å². The van der Waals surface area contributed by atoms with Gasteiger partial charge in [0.2, 0.25) is 17.7 Å². The van der Waals surface area contributed by atoms with Gasteiger partial charge in [-0.25, -0.2) is 0 Å². The van der Waals surface area contributed by atoms with E-state index in [1.807, 2.05) is 112 Å². The third-order valence-electron chi connectivity index (χ3n) is 9.19. The molecule has 0 unspecified atom stereocenters. The molecular weight excluding hydrogens is 614 g/mol. The molecule has 1 aliphatic rings. The minimum atomic E-state index is -0.115. The van der Waals surface area contributed by atoms with E-state index in [2.05, 4.69) is 42.6 Å². The van der Waals surface area contributed by atoms with E-state index in [1.54, 1.807) is 0 Å². The van der Waals surface area contributed by atoms with E-state index in [-0.39, 0.29) is 55.5 Å². The van der Waals surface area contributed by atoms with Gasteiger partial charge < -0.3 is 20.9 Å². The van der Waals surface area contributed by atoms with Crippen LogP contribution in [0.25, 0.3) is 0 Å². The van der Waals surface area contributed by atoms with E-state index >= 15 is 0 Å². The van der Waals surface area contributed by atoms with Crippen molar-refractivity contribution in [3.05, 3.63) is 108 Å². The molecule has 0 radical (unpaired) electrons. The van der Waals surface area contributed by atoms with Crippen LogP contribution in [0, 0.1) is 0 Å². The summed E-state index contributed by atoms with van der Waals surface area (Å²) < 4.78 is 0. The SMILES string of the molecule is C[C@@H](NC(=O)CN1CCN(C)CCN(CC(=O)N[C@H](C)c2ccccc2)CCN(CC(=O)N[C@H](C)c2ccccc2)CC1)c1ccccc1. The zero-order valence-electron chi connectivity index (χ0n) is 29.7. The molecule has 1 aliphatic heterocycles. The number of carbonyl (C=O) groups excluding carboxylic acids is 3. The van der Waals surface area contributed by atoms with Crippen LogP contribution < -0.4 is 16.0 Å². The number of nitrogens with zero attached hydrogens (tertiary/aromatic N) is 4. The highest BCUT2D eigenvalue weighted by molar-refractivity contribution is 5.79. The van der Waals surface area contributed by atoms with Crippen molar-refractivity contribution < 1.29 is 14.4 Å². The van der Waals surface area contributed by atoms with Gasteiger partial charge >= 0.3 is 0 Å². The summed E-state index contributed by atoms with van der Waals surface area (Å²) in [5, 5.41) is 9.46. The van der Waals surface area contributed by atoms with Crippen molar-refractivity contribution in [3.63, 3.8) is 0 Å². The van der Waals surface area contributed by atoms with Crippen molar-refractivity contribution in [3.8, 4) is 0 Å². The fourth-order valence-electron chi connectivity index (χ4n) is 6.06. The highest BCUT2D eigenvalue weighted by atomic mass is 16.2. The number of rotatable bonds is 12. The predicted molar refractivity (Wildman–Crippen MR) is 196 cm³/mol. The predicted octanol–water partition coefficient (Wildman–Crippen LogP) is 3.47. The standard InChI is InChI=1S/C39H55N7O3/c1-31(34-14-8-5-9-15-34)40-37(47)28-44-22-20-43(4)21-23-45(29-38(48)41-32(2)35-16-10-6-11-17-35)25-27-46(26-24-44)30-39(49)42-33(3)36-18-12-7-13-19-36/h5-19,31-33H,20-30H2,1-4H3,(H,40,47)(H,41,48)(H,42,49)/t31-,32-,33-/m1/s1. The van der Waals surface area contributed by atoms with Gasteiger partial charge in [-0.05, 0) is 44.5 Å². The summed E-state index contributed by atoms with van der Waals surface area (Å²) in [6, 6.07) is 29.6. The summed E-state index contributed by atoms with van der Waals surface area (Å²) in [6.45, 7) is 12.3. The smallest absolute Gasteiger partial charge is 0.234 e. The number of carbonyl (C=O) groups is 3. The number of hydrogen-bond donors (Lipinski definition) is 3. The number of hydrogen-bond acceptors (Lipinski definition) is 7. The van der Waals surface area contributed by atoms with Crippen LogP contribution in [0.3, 0.4) is 0 Å². The first-order valence-corrected chi connectivity index (χ1v) is 17.5. The van der Waals surface area contributed by atoms with Gasteiger partial charge in [0, 0.05) is 52.4 Å². The Morgan fingerprint density at radius 3 is 0.980 bits per heavy atom. The molecule has 3 N–H and O–H groups in total. The molecule has 0 spiro atoms. The molecule has 49 heavy (non-hydrogen) atoms. The summed E-state index contributed by atoms with van der Waals surface area (Å²) >= 11 is 0.